The van der Waals surface area contributed by atoms with E-state index in [0.717, 1.165) is 27.4 Å². The molecule has 0 aromatic heterocycles. The first-order valence-electron chi connectivity index (χ1n) is 7.06. The molecule has 1 N–H and O–H groups in total. The van der Waals surface area contributed by atoms with Gasteiger partial charge >= 0.3 is 0 Å². The van der Waals surface area contributed by atoms with Crippen LogP contribution in [0, 0.1) is 0 Å². The second kappa shape index (κ2) is 7.83. The van der Waals surface area contributed by atoms with Crippen LogP contribution in [0.25, 0.3) is 0 Å². The fraction of sp³-hybridized carbons (Fsp3) is 0.294. The first kappa shape index (κ1) is 16.3. The lowest BCUT2D eigenvalue weighted by molar-refractivity contribution is 0.340. The summed E-state index contributed by atoms with van der Waals surface area (Å²) in [6, 6.07) is 14.1. The van der Waals surface area contributed by atoms with E-state index >= 15 is 0 Å². The summed E-state index contributed by atoms with van der Waals surface area (Å²) in [5.41, 5.74) is 2.32. The van der Waals surface area contributed by atoms with Crippen molar-refractivity contribution in [3.8, 4) is 5.75 Å². The molecule has 2 rings (SSSR count). The molecule has 0 spiro atoms. The second-order valence-electron chi connectivity index (χ2n) is 4.66. The standard InChI is InChI=1S/C17H19BrClNO/c1-3-20-17(15-11-13(19)7-10-16(15)18)12-5-8-14(9-6-12)21-4-2/h5-11,17,20H,3-4H2,1-2H3. The molecule has 0 amide bonds. The number of halogens is 2. The van der Waals surface area contributed by atoms with Gasteiger partial charge in [0.25, 0.3) is 0 Å². The number of nitrogens with one attached hydrogen (secondary N) is 1. The molecule has 0 saturated carbocycles. The van der Waals surface area contributed by atoms with Gasteiger partial charge in [0.2, 0.25) is 0 Å². The van der Waals surface area contributed by atoms with E-state index in [0.29, 0.717) is 6.61 Å². The van der Waals surface area contributed by atoms with E-state index in [1.807, 2.05) is 37.3 Å². The average Bonchev–Trinajstić information content (AvgIpc) is 2.49. The Bertz CT molecular complexity index is 586. The lowest BCUT2D eigenvalue weighted by Crippen LogP contribution is -2.22. The van der Waals surface area contributed by atoms with E-state index in [4.69, 9.17) is 16.3 Å². The fourth-order valence-corrected chi connectivity index (χ4v) is 2.93. The number of ether oxygens (including phenoxy) is 1. The molecule has 0 aliphatic rings. The van der Waals surface area contributed by atoms with Crippen molar-refractivity contribution in [2.75, 3.05) is 13.2 Å². The third-order valence-electron chi connectivity index (χ3n) is 3.20. The van der Waals surface area contributed by atoms with Gasteiger partial charge in [0.05, 0.1) is 12.6 Å². The van der Waals surface area contributed by atoms with Gasteiger partial charge in [-0.2, -0.15) is 0 Å². The molecular formula is C17H19BrClNO. The number of hydrogen-bond donors (Lipinski definition) is 1. The van der Waals surface area contributed by atoms with Crippen LogP contribution < -0.4 is 10.1 Å². The number of benzene rings is 2. The Labute approximate surface area is 139 Å². The van der Waals surface area contributed by atoms with Crippen LogP contribution in [-0.2, 0) is 0 Å². The Hall–Kier alpha value is -1.03. The number of rotatable bonds is 6. The highest BCUT2D eigenvalue weighted by atomic mass is 79.9. The summed E-state index contributed by atoms with van der Waals surface area (Å²) in [4.78, 5) is 0. The molecule has 21 heavy (non-hydrogen) atoms. The summed E-state index contributed by atoms with van der Waals surface area (Å²) in [5.74, 6) is 0.890. The van der Waals surface area contributed by atoms with Crippen LogP contribution in [0.4, 0.5) is 0 Å². The normalized spacial score (nSPS) is 12.2. The van der Waals surface area contributed by atoms with E-state index in [2.05, 4.69) is 40.3 Å². The minimum Gasteiger partial charge on any atom is -0.494 e. The first-order valence-corrected chi connectivity index (χ1v) is 8.23. The van der Waals surface area contributed by atoms with Gasteiger partial charge in [-0.15, -0.1) is 0 Å². The molecule has 0 aliphatic carbocycles. The molecule has 1 atom stereocenters. The molecule has 2 aromatic carbocycles. The van der Waals surface area contributed by atoms with Crippen LogP contribution in [0.3, 0.4) is 0 Å². The Morgan fingerprint density at radius 3 is 2.48 bits per heavy atom. The van der Waals surface area contributed by atoms with Crippen molar-refractivity contribution < 1.29 is 4.74 Å². The maximum Gasteiger partial charge on any atom is 0.119 e. The van der Waals surface area contributed by atoms with Gasteiger partial charge < -0.3 is 10.1 Å². The van der Waals surface area contributed by atoms with E-state index in [1.165, 1.54) is 5.56 Å². The van der Waals surface area contributed by atoms with Crippen molar-refractivity contribution in [1.29, 1.82) is 0 Å². The van der Waals surface area contributed by atoms with Crippen molar-refractivity contribution in [2.24, 2.45) is 0 Å². The summed E-state index contributed by atoms with van der Waals surface area (Å²) in [5, 5.41) is 4.24. The third-order valence-corrected chi connectivity index (χ3v) is 4.16. The Morgan fingerprint density at radius 2 is 1.86 bits per heavy atom. The topological polar surface area (TPSA) is 21.3 Å². The molecule has 4 heteroatoms. The highest BCUT2D eigenvalue weighted by Crippen LogP contribution is 2.31. The summed E-state index contributed by atoms with van der Waals surface area (Å²) in [6.45, 7) is 5.63. The largest absolute Gasteiger partial charge is 0.494 e. The minimum atomic E-state index is 0.0961. The van der Waals surface area contributed by atoms with Crippen molar-refractivity contribution in [3.63, 3.8) is 0 Å². The zero-order valence-corrected chi connectivity index (χ0v) is 14.5. The SMILES string of the molecule is CCNC(c1ccc(OCC)cc1)c1cc(Cl)ccc1Br. The molecule has 2 nitrogen and oxygen atoms in total. The van der Waals surface area contributed by atoms with Crippen LogP contribution in [-0.4, -0.2) is 13.2 Å². The van der Waals surface area contributed by atoms with Crippen LogP contribution >= 0.6 is 27.5 Å². The molecule has 0 aliphatic heterocycles. The molecule has 2 aromatic rings. The van der Waals surface area contributed by atoms with Crippen molar-refractivity contribution in [2.45, 2.75) is 19.9 Å². The van der Waals surface area contributed by atoms with Gasteiger partial charge in [-0.25, -0.2) is 0 Å². The van der Waals surface area contributed by atoms with Gasteiger partial charge in [0.1, 0.15) is 5.75 Å². The fourth-order valence-electron chi connectivity index (χ4n) is 2.27. The predicted octanol–water partition coefficient (Wildman–Crippen LogP) is 5.20. The van der Waals surface area contributed by atoms with Crippen LogP contribution in [0.1, 0.15) is 31.0 Å². The van der Waals surface area contributed by atoms with Gasteiger partial charge in [0, 0.05) is 9.50 Å². The lowest BCUT2D eigenvalue weighted by atomic mass is 9.98. The Balaban J connectivity index is 2.35. The van der Waals surface area contributed by atoms with Crippen molar-refractivity contribution >= 4 is 27.5 Å². The average molecular weight is 369 g/mol. The highest BCUT2D eigenvalue weighted by Gasteiger charge is 2.16. The van der Waals surface area contributed by atoms with Crippen molar-refractivity contribution in [3.05, 3.63) is 63.1 Å². The van der Waals surface area contributed by atoms with E-state index < -0.39 is 0 Å². The molecule has 0 heterocycles. The zero-order chi connectivity index (χ0) is 15.2. The van der Waals surface area contributed by atoms with Gasteiger partial charge in [-0.3, -0.25) is 0 Å². The van der Waals surface area contributed by atoms with E-state index in [1.54, 1.807) is 0 Å². The van der Waals surface area contributed by atoms with Crippen LogP contribution in [0.15, 0.2) is 46.9 Å². The summed E-state index contributed by atoms with van der Waals surface area (Å²) < 4.78 is 6.55. The third kappa shape index (κ3) is 4.22. The molecule has 1 unspecified atom stereocenters. The predicted molar refractivity (Wildman–Crippen MR) is 92.3 cm³/mol. The first-order chi connectivity index (χ1) is 10.2. The summed E-state index contributed by atoms with van der Waals surface area (Å²) in [7, 11) is 0. The molecule has 0 saturated heterocycles. The Morgan fingerprint density at radius 1 is 1.14 bits per heavy atom. The summed E-state index contributed by atoms with van der Waals surface area (Å²) in [6.07, 6.45) is 0. The van der Waals surface area contributed by atoms with Crippen molar-refractivity contribution in [1.82, 2.24) is 5.32 Å². The smallest absolute Gasteiger partial charge is 0.119 e. The molecule has 0 fully saturated rings. The highest BCUT2D eigenvalue weighted by molar-refractivity contribution is 9.10. The molecule has 112 valence electrons. The molecular weight excluding hydrogens is 350 g/mol. The van der Waals surface area contributed by atoms with E-state index in [-0.39, 0.29) is 6.04 Å². The minimum absolute atomic E-state index is 0.0961. The summed E-state index contributed by atoms with van der Waals surface area (Å²) >= 11 is 9.76. The molecule has 0 radical (unpaired) electrons. The zero-order valence-electron chi connectivity index (χ0n) is 12.2. The lowest BCUT2D eigenvalue weighted by Gasteiger charge is -2.21. The maximum absolute atomic E-state index is 6.15. The van der Waals surface area contributed by atoms with Gasteiger partial charge in [-0.1, -0.05) is 46.6 Å². The number of hydrogen-bond acceptors (Lipinski definition) is 2. The monoisotopic (exact) mass is 367 g/mol. The quantitative estimate of drug-likeness (QED) is 0.756. The van der Waals surface area contributed by atoms with E-state index in [9.17, 15) is 0 Å². The van der Waals surface area contributed by atoms with Gasteiger partial charge in [-0.05, 0) is 54.9 Å². The van der Waals surface area contributed by atoms with Crippen LogP contribution in [0.2, 0.25) is 5.02 Å². The second-order valence-corrected chi connectivity index (χ2v) is 5.95. The molecule has 0 bridgehead atoms. The van der Waals surface area contributed by atoms with Crippen LogP contribution in [0.5, 0.6) is 5.75 Å². The maximum atomic E-state index is 6.15. The Kier molecular flexibility index (Phi) is 6.09. The van der Waals surface area contributed by atoms with Gasteiger partial charge in [0.15, 0.2) is 0 Å².